The molecular formula is C15H20BrCl2N3O. The molecule has 2 aliphatic rings. The summed E-state index contributed by atoms with van der Waals surface area (Å²) in [5.74, 6) is 0.0329. The smallest absolute Gasteiger partial charge is 0.255 e. The average Bonchev–Trinajstić information content (AvgIpc) is 3.03. The normalized spacial score (nSPS) is 22.5. The molecule has 7 heteroatoms. The number of halogens is 3. The van der Waals surface area contributed by atoms with Gasteiger partial charge in [-0.3, -0.25) is 9.69 Å². The van der Waals surface area contributed by atoms with Crippen molar-refractivity contribution in [3.63, 3.8) is 0 Å². The van der Waals surface area contributed by atoms with Gasteiger partial charge >= 0.3 is 0 Å². The second kappa shape index (κ2) is 7.97. The monoisotopic (exact) mass is 407 g/mol. The van der Waals surface area contributed by atoms with Gasteiger partial charge in [0.2, 0.25) is 0 Å². The van der Waals surface area contributed by atoms with Crippen LogP contribution in [-0.2, 0) is 0 Å². The topological polar surface area (TPSA) is 35.6 Å². The third-order valence-corrected chi connectivity index (χ3v) is 5.13. The van der Waals surface area contributed by atoms with Crippen molar-refractivity contribution in [3.05, 3.63) is 33.3 Å². The number of hydrogen-bond donors (Lipinski definition) is 1. The van der Waals surface area contributed by atoms with E-state index in [1.165, 1.54) is 6.42 Å². The van der Waals surface area contributed by atoms with Crippen molar-refractivity contribution in [1.82, 2.24) is 15.1 Å². The Bertz CT molecular complexity index is 530. The highest BCUT2D eigenvalue weighted by atomic mass is 79.9. The molecule has 1 aromatic carbocycles. The van der Waals surface area contributed by atoms with Crippen molar-refractivity contribution < 1.29 is 4.79 Å². The second-order valence-electron chi connectivity index (χ2n) is 5.60. The Balaban J connectivity index is 0.00000176. The summed E-state index contributed by atoms with van der Waals surface area (Å²) in [6, 6.07) is 6.05. The first-order chi connectivity index (χ1) is 10.1. The van der Waals surface area contributed by atoms with Crippen molar-refractivity contribution in [3.8, 4) is 0 Å². The van der Waals surface area contributed by atoms with Crippen LogP contribution in [0, 0.1) is 0 Å². The van der Waals surface area contributed by atoms with E-state index in [2.05, 4.69) is 26.1 Å². The molecule has 2 fully saturated rings. The number of nitrogens with zero attached hydrogens (tertiary/aromatic N) is 2. The van der Waals surface area contributed by atoms with E-state index in [-0.39, 0.29) is 18.3 Å². The Labute approximate surface area is 150 Å². The zero-order valence-electron chi connectivity index (χ0n) is 12.2. The summed E-state index contributed by atoms with van der Waals surface area (Å²) in [5.41, 5.74) is 0.585. The standard InChI is InChI=1S/C15H19BrClN3O.ClH/c16-11-1-2-14(17)13(9-11)15(21)20-7-5-19(6-8-20)12-3-4-18-10-12;/h1-2,9,12,18H,3-8,10H2;1H. The molecular weight excluding hydrogens is 389 g/mol. The van der Waals surface area contributed by atoms with Crippen LogP contribution in [0.2, 0.25) is 5.02 Å². The van der Waals surface area contributed by atoms with Crippen molar-refractivity contribution in [1.29, 1.82) is 0 Å². The molecule has 3 rings (SSSR count). The quantitative estimate of drug-likeness (QED) is 0.816. The van der Waals surface area contributed by atoms with Crippen LogP contribution >= 0.6 is 39.9 Å². The Morgan fingerprint density at radius 3 is 2.64 bits per heavy atom. The van der Waals surface area contributed by atoms with Gasteiger partial charge in [0.05, 0.1) is 10.6 Å². The van der Waals surface area contributed by atoms with E-state index in [4.69, 9.17) is 11.6 Å². The van der Waals surface area contributed by atoms with Gasteiger partial charge in [-0.25, -0.2) is 0 Å². The fourth-order valence-corrected chi connectivity index (χ4v) is 3.63. The highest BCUT2D eigenvalue weighted by Crippen LogP contribution is 2.23. The van der Waals surface area contributed by atoms with Crippen LogP contribution in [0.5, 0.6) is 0 Å². The van der Waals surface area contributed by atoms with Gasteiger partial charge in [0.15, 0.2) is 0 Å². The molecule has 2 aliphatic heterocycles. The molecule has 1 atom stereocenters. The first-order valence-electron chi connectivity index (χ1n) is 7.34. The maximum atomic E-state index is 12.6. The van der Waals surface area contributed by atoms with Crippen LogP contribution in [0.15, 0.2) is 22.7 Å². The summed E-state index contributed by atoms with van der Waals surface area (Å²) in [7, 11) is 0. The predicted molar refractivity (Wildman–Crippen MR) is 95.2 cm³/mol. The van der Waals surface area contributed by atoms with Gasteiger partial charge in [-0.1, -0.05) is 27.5 Å². The van der Waals surface area contributed by atoms with Gasteiger partial charge in [-0.05, 0) is 31.2 Å². The molecule has 0 saturated carbocycles. The minimum absolute atomic E-state index is 0. The molecule has 1 amide bonds. The lowest BCUT2D eigenvalue weighted by atomic mass is 10.1. The number of rotatable bonds is 2. The largest absolute Gasteiger partial charge is 0.336 e. The number of carbonyl (C=O) groups is 1. The van der Waals surface area contributed by atoms with Crippen molar-refractivity contribution in [2.45, 2.75) is 12.5 Å². The Hall–Kier alpha value is -0.330. The van der Waals surface area contributed by atoms with E-state index in [9.17, 15) is 4.79 Å². The molecule has 1 aromatic rings. The van der Waals surface area contributed by atoms with Gasteiger partial charge in [0.25, 0.3) is 5.91 Å². The summed E-state index contributed by atoms with van der Waals surface area (Å²) in [4.78, 5) is 17.0. The summed E-state index contributed by atoms with van der Waals surface area (Å²) in [6.07, 6.45) is 1.21. The average molecular weight is 409 g/mol. The Morgan fingerprint density at radius 1 is 1.27 bits per heavy atom. The van der Waals surface area contributed by atoms with Gasteiger partial charge in [-0.2, -0.15) is 0 Å². The minimum Gasteiger partial charge on any atom is -0.336 e. The molecule has 0 bridgehead atoms. The van der Waals surface area contributed by atoms with E-state index in [0.29, 0.717) is 16.6 Å². The highest BCUT2D eigenvalue weighted by Gasteiger charge is 2.28. The molecule has 22 heavy (non-hydrogen) atoms. The highest BCUT2D eigenvalue weighted by molar-refractivity contribution is 9.10. The maximum Gasteiger partial charge on any atom is 0.255 e. The van der Waals surface area contributed by atoms with E-state index in [0.717, 1.165) is 43.7 Å². The lowest BCUT2D eigenvalue weighted by Gasteiger charge is -2.37. The van der Waals surface area contributed by atoms with E-state index in [1.54, 1.807) is 12.1 Å². The van der Waals surface area contributed by atoms with Crippen LogP contribution in [0.4, 0.5) is 0 Å². The summed E-state index contributed by atoms with van der Waals surface area (Å²) in [6.45, 7) is 5.63. The van der Waals surface area contributed by atoms with E-state index in [1.807, 2.05) is 11.0 Å². The van der Waals surface area contributed by atoms with Gasteiger partial charge < -0.3 is 10.2 Å². The molecule has 122 valence electrons. The molecule has 0 aliphatic carbocycles. The molecule has 0 radical (unpaired) electrons. The van der Waals surface area contributed by atoms with Crippen molar-refractivity contribution in [2.24, 2.45) is 0 Å². The Morgan fingerprint density at radius 2 is 2.00 bits per heavy atom. The zero-order valence-corrected chi connectivity index (χ0v) is 15.4. The number of piperazine rings is 1. The van der Waals surface area contributed by atoms with E-state index < -0.39 is 0 Å². The number of benzene rings is 1. The minimum atomic E-state index is 0. The zero-order chi connectivity index (χ0) is 14.8. The number of amides is 1. The lowest BCUT2D eigenvalue weighted by molar-refractivity contribution is 0.0584. The Kier molecular flexibility index (Phi) is 6.53. The van der Waals surface area contributed by atoms with Crippen molar-refractivity contribution in [2.75, 3.05) is 39.3 Å². The van der Waals surface area contributed by atoms with Gasteiger partial charge in [-0.15, -0.1) is 12.4 Å². The molecule has 2 heterocycles. The molecule has 0 spiro atoms. The van der Waals surface area contributed by atoms with Crippen LogP contribution < -0.4 is 5.32 Å². The van der Waals surface area contributed by atoms with Crippen LogP contribution in [0.3, 0.4) is 0 Å². The number of carbonyl (C=O) groups excluding carboxylic acids is 1. The van der Waals surface area contributed by atoms with Crippen LogP contribution in [-0.4, -0.2) is 61.0 Å². The third kappa shape index (κ3) is 3.95. The second-order valence-corrected chi connectivity index (χ2v) is 6.92. The molecule has 1 unspecified atom stereocenters. The van der Waals surface area contributed by atoms with E-state index >= 15 is 0 Å². The molecule has 2 saturated heterocycles. The first-order valence-corrected chi connectivity index (χ1v) is 8.51. The number of hydrogen-bond acceptors (Lipinski definition) is 3. The molecule has 1 N–H and O–H groups in total. The van der Waals surface area contributed by atoms with Gasteiger partial charge in [0, 0.05) is 43.2 Å². The fourth-order valence-electron chi connectivity index (χ4n) is 3.07. The van der Waals surface area contributed by atoms with Gasteiger partial charge in [0.1, 0.15) is 0 Å². The predicted octanol–water partition coefficient (Wildman–Crippen LogP) is 2.64. The fraction of sp³-hybridized carbons (Fsp3) is 0.533. The lowest BCUT2D eigenvalue weighted by Crippen LogP contribution is -2.52. The molecule has 4 nitrogen and oxygen atoms in total. The van der Waals surface area contributed by atoms with Crippen molar-refractivity contribution >= 4 is 45.8 Å². The van der Waals surface area contributed by atoms with Crippen LogP contribution in [0.25, 0.3) is 0 Å². The SMILES string of the molecule is Cl.O=C(c1cc(Br)ccc1Cl)N1CCN(C2CCNC2)CC1. The molecule has 0 aromatic heterocycles. The summed E-state index contributed by atoms with van der Waals surface area (Å²) < 4.78 is 0.880. The maximum absolute atomic E-state index is 12.6. The van der Waals surface area contributed by atoms with Crippen LogP contribution in [0.1, 0.15) is 16.8 Å². The summed E-state index contributed by atoms with van der Waals surface area (Å²) >= 11 is 9.55. The first kappa shape index (κ1) is 18.0. The third-order valence-electron chi connectivity index (χ3n) is 4.31. The summed E-state index contributed by atoms with van der Waals surface area (Å²) in [5, 5.41) is 3.92. The number of nitrogens with one attached hydrogen (secondary N) is 1.